The molecule has 0 saturated heterocycles. The first-order chi connectivity index (χ1) is 16.8. The first-order valence-electron chi connectivity index (χ1n) is 12.5. The number of aliphatic carboxylic acids is 1. The Morgan fingerprint density at radius 1 is 0.971 bits per heavy atom. The van der Waals surface area contributed by atoms with Crippen LogP contribution in [0.3, 0.4) is 0 Å². The number of hydrogen-bond acceptors (Lipinski definition) is 4. The van der Waals surface area contributed by atoms with Gasteiger partial charge in [0.05, 0.1) is 16.9 Å². The largest absolute Gasteiger partial charge is 0.481 e. The van der Waals surface area contributed by atoms with Crippen LogP contribution in [-0.2, 0) is 14.3 Å². The Balaban J connectivity index is 1.17. The summed E-state index contributed by atoms with van der Waals surface area (Å²) in [4.78, 5) is 37.4. The second-order valence-corrected chi connectivity index (χ2v) is 10.5. The van der Waals surface area contributed by atoms with Gasteiger partial charge in [-0.3, -0.25) is 9.59 Å². The fraction of sp³-hybridized carbons (Fsp3) is 0.464. The third kappa shape index (κ3) is 4.40. The van der Waals surface area contributed by atoms with Gasteiger partial charge < -0.3 is 20.5 Å². The smallest absolute Gasteiger partial charge is 0.407 e. The van der Waals surface area contributed by atoms with Gasteiger partial charge in [0, 0.05) is 12.5 Å². The molecule has 2 aromatic carbocycles. The second kappa shape index (κ2) is 9.02. The lowest BCUT2D eigenvalue weighted by molar-refractivity contribution is -0.147. The van der Waals surface area contributed by atoms with Crippen LogP contribution in [0.25, 0.3) is 11.1 Å². The Kier molecular flexibility index (Phi) is 6.03. The van der Waals surface area contributed by atoms with Gasteiger partial charge in [0.25, 0.3) is 0 Å². The highest BCUT2D eigenvalue weighted by Gasteiger charge is 2.53. The zero-order valence-corrected chi connectivity index (χ0v) is 20.0. The van der Waals surface area contributed by atoms with Crippen molar-refractivity contribution in [2.24, 2.45) is 11.3 Å². The number of hydrogen-bond donors (Lipinski definition) is 3. The Morgan fingerprint density at radius 2 is 1.60 bits per heavy atom. The van der Waals surface area contributed by atoms with Gasteiger partial charge in [-0.25, -0.2) is 4.79 Å². The maximum absolute atomic E-state index is 13.1. The van der Waals surface area contributed by atoms with Crippen molar-refractivity contribution >= 4 is 18.0 Å². The molecule has 0 bridgehead atoms. The number of nitrogens with one attached hydrogen (secondary N) is 2. The second-order valence-electron chi connectivity index (χ2n) is 10.5. The Labute approximate surface area is 205 Å². The standard InChI is InChI=1S/C28H32N2O5/c1-27(13-7-6-12-23(27)24(31)32)30-25(33)28(14-15-28)17-29-26(34)35-16-22-20-10-4-2-8-18(20)19-9-3-5-11-21(19)22/h2-5,8-11,22-23H,6-7,12-17H2,1H3,(H,29,34)(H,30,33)(H,31,32). The zero-order valence-electron chi connectivity index (χ0n) is 20.0. The predicted octanol–water partition coefficient (Wildman–Crippen LogP) is 4.46. The topological polar surface area (TPSA) is 105 Å². The number of ether oxygens (including phenoxy) is 1. The fourth-order valence-electron chi connectivity index (χ4n) is 5.80. The lowest BCUT2D eigenvalue weighted by Gasteiger charge is -2.40. The molecule has 2 amide bonds. The molecular formula is C28H32N2O5. The van der Waals surface area contributed by atoms with Crippen molar-refractivity contribution < 1.29 is 24.2 Å². The summed E-state index contributed by atoms with van der Waals surface area (Å²) in [6, 6.07) is 16.3. The van der Waals surface area contributed by atoms with E-state index in [-0.39, 0.29) is 25.0 Å². The monoisotopic (exact) mass is 476 g/mol. The highest BCUT2D eigenvalue weighted by atomic mass is 16.5. The molecule has 2 unspecified atom stereocenters. The maximum Gasteiger partial charge on any atom is 0.407 e. The minimum Gasteiger partial charge on any atom is -0.481 e. The number of benzene rings is 2. The maximum atomic E-state index is 13.1. The average Bonchev–Trinajstić information content (AvgIpc) is 3.58. The molecule has 184 valence electrons. The van der Waals surface area contributed by atoms with Crippen LogP contribution < -0.4 is 10.6 Å². The predicted molar refractivity (Wildman–Crippen MR) is 131 cm³/mol. The van der Waals surface area contributed by atoms with Gasteiger partial charge in [-0.1, -0.05) is 61.4 Å². The highest BCUT2D eigenvalue weighted by Crippen LogP contribution is 2.47. The van der Waals surface area contributed by atoms with Gasteiger partial charge in [-0.15, -0.1) is 0 Å². The van der Waals surface area contributed by atoms with Gasteiger partial charge >= 0.3 is 12.1 Å². The van der Waals surface area contributed by atoms with Gasteiger partial charge in [-0.2, -0.15) is 0 Å². The quantitative estimate of drug-likeness (QED) is 0.547. The lowest BCUT2D eigenvalue weighted by Crippen LogP contribution is -2.58. The van der Waals surface area contributed by atoms with Crippen molar-refractivity contribution in [2.75, 3.05) is 13.2 Å². The molecule has 2 aromatic rings. The molecule has 5 rings (SSSR count). The molecule has 0 aromatic heterocycles. The van der Waals surface area contributed by atoms with E-state index in [0.29, 0.717) is 25.7 Å². The van der Waals surface area contributed by atoms with Crippen LogP contribution in [0.15, 0.2) is 48.5 Å². The van der Waals surface area contributed by atoms with Crippen molar-refractivity contribution in [3.63, 3.8) is 0 Å². The van der Waals surface area contributed by atoms with Gasteiger partial charge in [0.2, 0.25) is 5.91 Å². The minimum atomic E-state index is -0.867. The zero-order chi connectivity index (χ0) is 24.6. The summed E-state index contributed by atoms with van der Waals surface area (Å²) >= 11 is 0. The van der Waals surface area contributed by atoms with Crippen LogP contribution in [0.2, 0.25) is 0 Å². The van der Waals surface area contributed by atoms with Crippen LogP contribution in [0.5, 0.6) is 0 Å². The van der Waals surface area contributed by atoms with Crippen LogP contribution >= 0.6 is 0 Å². The number of amides is 2. The van der Waals surface area contributed by atoms with E-state index in [1.54, 1.807) is 0 Å². The van der Waals surface area contributed by atoms with Crippen LogP contribution in [0.4, 0.5) is 4.79 Å². The van der Waals surface area contributed by atoms with Crippen molar-refractivity contribution in [2.45, 2.75) is 56.9 Å². The molecule has 2 atom stereocenters. The van der Waals surface area contributed by atoms with E-state index in [1.165, 1.54) is 11.1 Å². The van der Waals surface area contributed by atoms with E-state index in [1.807, 2.05) is 31.2 Å². The summed E-state index contributed by atoms with van der Waals surface area (Å²) in [5, 5.41) is 15.5. The molecule has 0 aliphatic heterocycles. The number of carboxylic acids is 1. The third-order valence-electron chi connectivity index (χ3n) is 8.16. The van der Waals surface area contributed by atoms with E-state index in [2.05, 4.69) is 34.9 Å². The highest BCUT2D eigenvalue weighted by molar-refractivity contribution is 5.87. The number of fused-ring (bicyclic) bond motifs is 3. The molecule has 7 nitrogen and oxygen atoms in total. The summed E-state index contributed by atoms with van der Waals surface area (Å²) in [6.07, 6.45) is 3.75. The van der Waals surface area contributed by atoms with Crippen LogP contribution in [-0.4, -0.2) is 41.8 Å². The average molecular weight is 477 g/mol. The van der Waals surface area contributed by atoms with Gasteiger partial charge in [0.15, 0.2) is 0 Å². The number of carbonyl (C=O) groups excluding carboxylic acids is 2. The van der Waals surface area contributed by atoms with E-state index >= 15 is 0 Å². The summed E-state index contributed by atoms with van der Waals surface area (Å²) in [7, 11) is 0. The Morgan fingerprint density at radius 3 is 2.20 bits per heavy atom. The number of carboxylic acid groups (broad SMARTS) is 1. The summed E-state index contributed by atoms with van der Waals surface area (Å²) in [5.74, 6) is -1.65. The van der Waals surface area contributed by atoms with E-state index in [0.717, 1.165) is 24.0 Å². The SMILES string of the molecule is CC1(NC(=O)C2(CNC(=O)OCC3c4ccccc4-c4ccccc43)CC2)CCCCC1C(=O)O. The first-order valence-corrected chi connectivity index (χ1v) is 12.5. The number of rotatable bonds is 7. The molecule has 3 aliphatic rings. The molecule has 3 aliphatic carbocycles. The van der Waals surface area contributed by atoms with Crippen LogP contribution in [0, 0.1) is 11.3 Å². The Hall–Kier alpha value is -3.35. The molecule has 0 radical (unpaired) electrons. The Bertz CT molecular complexity index is 1110. The number of carbonyl (C=O) groups is 3. The summed E-state index contributed by atoms with van der Waals surface area (Å²) in [5.41, 5.74) is 3.18. The first kappa shape index (κ1) is 23.4. The molecule has 0 heterocycles. The number of alkyl carbamates (subject to hydrolysis) is 1. The molecule has 0 spiro atoms. The molecule has 2 fully saturated rings. The molecule has 3 N–H and O–H groups in total. The van der Waals surface area contributed by atoms with Crippen molar-refractivity contribution in [3.05, 3.63) is 59.7 Å². The molecule has 35 heavy (non-hydrogen) atoms. The van der Waals surface area contributed by atoms with Gasteiger partial charge in [-0.05, 0) is 54.9 Å². The van der Waals surface area contributed by atoms with Crippen molar-refractivity contribution in [3.8, 4) is 11.1 Å². The van der Waals surface area contributed by atoms with E-state index < -0.39 is 28.9 Å². The van der Waals surface area contributed by atoms with E-state index in [9.17, 15) is 19.5 Å². The summed E-state index contributed by atoms with van der Waals surface area (Å²) < 4.78 is 5.60. The fourth-order valence-corrected chi connectivity index (χ4v) is 5.80. The van der Waals surface area contributed by atoms with E-state index in [4.69, 9.17) is 4.74 Å². The van der Waals surface area contributed by atoms with Gasteiger partial charge in [0.1, 0.15) is 6.61 Å². The van der Waals surface area contributed by atoms with Crippen LogP contribution in [0.1, 0.15) is 62.5 Å². The minimum absolute atomic E-state index is 0.0227. The molecule has 7 heteroatoms. The summed E-state index contributed by atoms with van der Waals surface area (Å²) in [6.45, 7) is 2.23. The molecule has 2 saturated carbocycles. The third-order valence-corrected chi connectivity index (χ3v) is 8.16. The lowest BCUT2D eigenvalue weighted by atomic mass is 9.73. The molecular weight excluding hydrogens is 444 g/mol. The van der Waals surface area contributed by atoms with Crippen molar-refractivity contribution in [1.82, 2.24) is 10.6 Å². The normalized spacial score (nSPS) is 24.1. The van der Waals surface area contributed by atoms with Crippen molar-refractivity contribution in [1.29, 1.82) is 0 Å².